The number of carbonyl (C=O) groups is 5. The third-order valence-electron chi connectivity index (χ3n) is 11.8. The summed E-state index contributed by atoms with van der Waals surface area (Å²) in [5, 5.41) is 33.4. The molecule has 4 aliphatic rings. The molecule has 1 atom stereocenters. The van der Waals surface area contributed by atoms with Crippen LogP contribution >= 0.6 is 11.3 Å². The first-order valence-electron chi connectivity index (χ1n) is 19.5. The molecule has 5 amide bonds. The van der Waals surface area contributed by atoms with Crippen molar-refractivity contribution in [3.05, 3.63) is 76.6 Å². The van der Waals surface area contributed by atoms with E-state index in [2.05, 4.69) is 37.3 Å². The fraction of sp³-hybridized carbons (Fsp3) is 0.366. The minimum Gasteiger partial charge on any atom is -0.387 e. The quantitative estimate of drug-likeness (QED) is 0.188. The van der Waals surface area contributed by atoms with Gasteiger partial charge in [-0.05, 0) is 81.3 Å². The molecule has 294 valence electrons. The molecule has 1 unspecified atom stereocenters. The molecule has 17 heteroatoms. The van der Waals surface area contributed by atoms with E-state index in [1.54, 1.807) is 40.2 Å². The van der Waals surface area contributed by atoms with Crippen LogP contribution in [0.3, 0.4) is 0 Å². The highest BCUT2D eigenvalue weighted by Gasteiger charge is 2.46. The molecule has 0 spiro atoms. The lowest BCUT2D eigenvalue weighted by molar-refractivity contribution is -0.136. The predicted octanol–water partition coefficient (Wildman–Crippen LogP) is 4.29. The number of carbonyl (C=O) groups excluding carboxylic acids is 5. The van der Waals surface area contributed by atoms with Crippen LogP contribution in [-0.2, 0) is 14.4 Å². The Morgan fingerprint density at radius 2 is 1.74 bits per heavy atom. The number of imide groups is 2. The van der Waals surface area contributed by atoms with Crippen LogP contribution in [0.4, 0.5) is 11.4 Å². The van der Waals surface area contributed by atoms with E-state index >= 15 is 0 Å². The van der Waals surface area contributed by atoms with Crippen LogP contribution in [0.1, 0.15) is 88.6 Å². The van der Waals surface area contributed by atoms with Gasteiger partial charge in [-0.2, -0.15) is 10.4 Å². The number of nitrogens with zero attached hydrogens (tertiary/aromatic N) is 8. The number of hydrogen-bond donors (Lipinski definition) is 3. The van der Waals surface area contributed by atoms with Crippen LogP contribution in [0.25, 0.3) is 27.5 Å². The summed E-state index contributed by atoms with van der Waals surface area (Å²) in [5.74, 6) is -1.99. The van der Waals surface area contributed by atoms with Gasteiger partial charge in [0.1, 0.15) is 17.1 Å². The van der Waals surface area contributed by atoms with Crippen molar-refractivity contribution in [3.8, 4) is 28.0 Å². The topological polar surface area (TPSA) is 208 Å². The molecule has 2 saturated heterocycles. The second kappa shape index (κ2) is 15.1. The molecule has 16 nitrogen and oxygen atoms in total. The SMILES string of the molecule is CNc1cc(-c2ccc3cc(C#N)cnn23)ncc1-c1nnc([C@H]2CC[C@H](NC(=O)C3CCN(c4cccc5c4C(=O)N(C4CCC(=O)NC4=O)C5=O)CC3)CC2)s1. The van der Waals surface area contributed by atoms with Crippen molar-refractivity contribution in [2.45, 2.75) is 69.4 Å². The first-order valence-corrected chi connectivity index (χ1v) is 20.3. The molecule has 0 radical (unpaired) electrons. The lowest BCUT2D eigenvalue weighted by Gasteiger charge is -2.35. The molecule has 1 saturated carbocycles. The second-order valence-electron chi connectivity index (χ2n) is 15.2. The molecule has 4 aromatic heterocycles. The smallest absolute Gasteiger partial charge is 0.264 e. The molecule has 9 rings (SSSR count). The van der Waals surface area contributed by atoms with Crippen molar-refractivity contribution in [2.75, 3.05) is 30.4 Å². The Morgan fingerprint density at radius 3 is 2.50 bits per heavy atom. The van der Waals surface area contributed by atoms with Gasteiger partial charge in [-0.3, -0.25) is 39.2 Å². The largest absolute Gasteiger partial charge is 0.387 e. The van der Waals surface area contributed by atoms with E-state index in [-0.39, 0.29) is 47.8 Å². The summed E-state index contributed by atoms with van der Waals surface area (Å²) in [6, 6.07) is 13.9. The van der Waals surface area contributed by atoms with E-state index in [1.165, 1.54) is 6.20 Å². The van der Waals surface area contributed by atoms with Gasteiger partial charge in [0.25, 0.3) is 11.8 Å². The summed E-state index contributed by atoms with van der Waals surface area (Å²) in [6.07, 6.45) is 8.16. The number of nitriles is 1. The minimum absolute atomic E-state index is 0.0428. The van der Waals surface area contributed by atoms with Crippen molar-refractivity contribution < 1.29 is 24.0 Å². The van der Waals surface area contributed by atoms with Gasteiger partial charge in [-0.25, -0.2) is 4.52 Å². The zero-order valence-corrected chi connectivity index (χ0v) is 32.4. The maximum atomic E-state index is 13.6. The van der Waals surface area contributed by atoms with Crippen LogP contribution in [-0.4, -0.2) is 91.5 Å². The van der Waals surface area contributed by atoms with Crippen LogP contribution in [0, 0.1) is 17.2 Å². The molecule has 3 fully saturated rings. The van der Waals surface area contributed by atoms with Gasteiger partial charge >= 0.3 is 0 Å². The summed E-state index contributed by atoms with van der Waals surface area (Å²) >= 11 is 1.57. The molecule has 1 aliphatic carbocycles. The van der Waals surface area contributed by atoms with Crippen LogP contribution in [0.15, 0.2) is 54.9 Å². The molecule has 3 N–H and O–H groups in total. The Bertz CT molecular complexity index is 2540. The van der Waals surface area contributed by atoms with Gasteiger partial charge in [-0.1, -0.05) is 17.4 Å². The van der Waals surface area contributed by atoms with Crippen LogP contribution in [0.5, 0.6) is 0 Å². The second-order valence-corrected chi connectivity index (χ2v) is 16.2. The lowest BCUT2D eigenvalue weighted by atomic mass is 9.86. The number of fused-ring (bicyclic) bond motifs is 2. The summed E-state index contributed by atoms with van der Waals surface area (Å²) in [6.45, 7) is 1.08. The number of benzene rings is 1. The Balaban J connectivity index is 0.787. The Labute approximate surface area is 336 Å². The van der Waals surface area contributed by atoms with Gasteiger partial charge < -0.3 is 15.5 Å². The van der Waals surface area contributed by atoms with Gasteiger partial charge in [0.2, 0.25) is 17.7 Å². The molecule has 58 heavy (non-hydrogen) atoms. The third-order valence-corrected chi connectivity index (χ3v) is 12.9. The monoisotopic (exact) mass is 797 g/mol. The van der Waals surface area contributed by atoms with Crippen LogP contribution < -0.4 is 20.9 Å². The number of hydrogen-bond acceptors (Lipinski definition) is 13. The molecular weight excluding hydrogens is 759 g/mol. The van der Waals surface area contributed by atoms with E-state index in [1.807, 2.05) is 36.2 Å². The summed E-state index contributed by atoms with van der Waals surface area (Å²) < 4.78 is 1.76. The highest BCUT2D eigenvalue weighted by molar-refractivity contribution is 7.14. The zero-order valence-electron chi connectivity index (χ0n) is 31.6. The molecule has 7 heterocycles. The minimum atomic E-state index is -1.02. The van der Waals surface area contributed by atoms with Crippen molar-refractivity contribution >= 4 is 57.8 Å². The fourth-order valence-corrected chi connectivity index (χ4v) is 9.72. The van der Waals surface area contributed by atoms with E-state index in [0.717, 1.165) is 68.8 Å². The summed E-state index contributed by atoms with van der Waals surface area (Å²) in [5.41, 5.74) is 5.70. The number of nitrogens with one attached hydrogen (secondary N) is 3. The Hall–Kier alpha value is -6.54. The molecule has 3 aliphatic heterocycles. The maximum absolute atomic E-state index is 13.6. The van der Waals surface area contributed by atoms with E-state index < -0.39 is 29.7 Å². The van der Waals surface area contributed by atoms with E-state index in [9.17, 15) is 29.2 Å². The highest BCUT2D eigenvalue weighted by atomic mass is 32.1. The molecule has 0 bridgehead atoms. The summed E-state index contributed by atoms with van der Waals surface area (Å²) in [4.78, 5) is 72.4. The maximum Gasteiger partial charge on any atom is 0.264 e. The fourth-order valence-electron chi connectivity index (χ4n) is 8.68. The van der Waals surface area contributed by atoms with Crippen molar-refractivity contribution in [1.29, 1.82) is 5.26 Å². The van der Waals surface area contributed by atoms with Crippen LogP contribution in [0.2, 0.25) is 0 Å². The Morgan fingerprint density at radius 1 is 0.931 bits per heavy atom. The third kappa shape index (κ3) is 6.62. The van der Waals surface area contributed by atoms with E-state index in [4.69, 9.17) is 4.98 Å². The van der Waals surface area contributed by atoms with Crippen molar-refractivity contribution in [1.82, 2.24) is 40.3 Å². The lowest BCUT2D eigenvalue weighted by Crippen LogP contribution is -2.54. The van der Waals surface area contributed by atoms with Gasteiger partial charge in [0.15, 0.2) is 5.01 Å². The first-order chi connectivity index (χ1) is 28.2. The van der Waals surface area contributed by atoms with E-state index in [0.29, 0.717) is 37.2 Å². The standard InChI is InChI=1S/C41H39N11O5S/c1-43-29-18-30(31-10-9-26-17-22(19-42)20-45-52(26)31)44-21-28(29)39-49-48-38(58-39)24-5-7-25(8-6-24)46-36(54)23-13-15-50(16-14-23)32-4-2-3-27-35(32)41(57)51(40(27)56)33-11-12-34(53)47-37(33)55/h2-4,9-10,17-18,20-21,23-25,33H,5-8,11-16H2,1H3,(H,43,44)(H,46,54)(H,47,53,55)/t24-,25-,33?. The average molecular weight is 798 g/mol. The number of amides is 5. The number of anilines is 2. The number of pyridine rings is 1. The average Bonchev–Trinajstić information content (AvgIpc) is 3.97. The van der Waals surface area contributed by atoms with Crippen molar-refractivity contribution in [2.24, 2.45) is 5.92 Å². The zero-order chi connectivity index (χ0) is 40.1. The number of piperidine rings is 2. The van der Waals surface area contributed by atoms with Gasteiger partial charge in [-0.15, -0.1) is 10.2 Å². The number of aromatic nitrogens is 5. The van der Waals surface area contributed by atoms with Gasteiger partial charge in [0.05, 0.1) is 51.0 Å². The summed E-state index contributed by atoms with van der Waals surface area (Å²) in [7, 11) is 1.86. The normalized spacial score (nSPS) is 21.2. The van der Waals surface area contributed by atoms with Crippen molar-refractivity contribution in [3.63, 3.8) is 0 Å². The molecule has 1 aromatic carbocycles. The highest BCUT2D eigenvalue weighted by Crippen LogP contribution is 2.40. The molecular formula is C41H39N11O5S. The number of rotatable bonds is 8. The first kappa shape index (κ1) is 37.1. The Kier molecular flexibility index (Phi) is 9.64. The predicted molar refractivity (Wildman–Crippen MR) is 213 cm³/mol. The van der Waals surface area contributed by atoms with Gasteiger partial charge in [0, 0.05) is 56.3 Å². The molecule has 5 aromatic rings.